The molecule has 3 N–H and O–H groups in total. The molecular formula is C21H19N3O3. The fourth-order valence-electron chi connectivity index (χ4n) is 2.26. The second-order valence-electron chi connectivity index (χ2n) is 5.41. The molecule has 0 aliphatic carbocycles. The smallest absolute Gasteiger partial charge is 0.351 e. The third-order valence-electron chi connectivity index (χ3n) is 3.54. The van der Waals surface area contributed by atoms with Gasteiger partial charge in [-0.25, -0.2) is 4.79 Å². The summed E-state index contributed by atoms with van der Waals surface area (Å²) in [5, 5.41) is 12.0. The third-order valence-corrected chi connectivity index (χ3v) is 3.54. The lowest BCUT2D eigenvalue weighted by Gasteiger charge is -2.11. The number of esters is 1. The van der Waals surface area contributed by atoms with Crippen LogP contribution in [-0.4, -0.2) is 18.5 Å². The Morgan fingerprint density at radius 3 is 2.26 bits per heavy atom. The maximum Gasteiger partial charge on any atom is 0.351 e. The number of hydrogen-bond donors (Lipinski definition) is 2. The lowest BCUT2D eigenvalue weighted by atomic mass is 10.0. The van der Waals surface area contributed by atoms with E-state index >= 15 is 0 Å². The molecule has 0 unspecified atom stereocenters. The molecule has 0 saturated heterocycles. The van der Waals surface area contributed by atoms with Crippen LogP contribution < -0.4 is 11.1 Å². The number of amides is 1. The van der Waals surface area contributed by atoms with Gasteiger partial charge < -0.3 is 15.8 Å². The molecule has 0 saturated carbocycles. The van der Waals surface area contributed by atoms with Gasteiger partial charge in [0.25, 0.3) is 5.91 Å². The molecule has 0 bridgehead atoms. The van der Waals surface area contributed by atoms with Crippen molar-refractivity contribution >= 4 is 23.6 Å². The van der Waals surface area contributed by atoms with E-state index in [9.17, 15) is 14.9 Å². The second-order valence-corrected chi connectivity index (χ2v) is 5.41. The number of carbonyl (C=O) groups is 2. The molecule has 0 fully saturated rings. The number of nitrogens with two attached hydrogens (primary N) is 1. The van der Waals surface area contributed by atoms with Crippen LogP contribution in [0.1, 0.15) is 12.5 Å². The topological polar surface area (TPSA) is 105 Å². The highest BCUT2D eigenvalue weighted by atomic mass is 16.5. The van der Waals surface area contributed by atoms with E-state index in [1.165, 1.54) is 6.08 Å². The predicted octanol–water partition coefficient (Wildman–Crippen LogP) is 3.01. The maximum atomic E-state index is 12.8. The predicted molar refractivity (Wildman–Crippen MR) is 103 cm³/mol. The van der Waals surface area contributed by atoms with Gasteiger partial charge in [0.05, 0.1) is 17.9 Å². The first-order chi connectivity index (χ1) is 13.1. The van der Waals surface area contributed by atoms with Crippen molar-refractivity contribution in [3.8, 4) is 6.07 Å². The van der Waals surface area contributed by atoms with Crippen LogP contribution in [0.4, 0.5) is 5.69 Å². The first-order valence-corrected chi connectivity index (χ1v) is 8.27. The van der Waals surface area contributed by atoms with Crippen molar-refractivity contribution in [2.75, 3.05) is 11.9 Å². The summed E-state index contributed by atoms with van der Waals surface area (Å²) in [4.78, 5) is 24.8. The molecule has 0 aromatic heterocycles. The van der Waals surface area contributed by atoms with E-state index in [2.05, 4.69) is 5.32 Å². The Bertz CT molecular complexity index is 911. The zero-order valence-electron chi connectivity index (χ0n) is 14.8. The van der Waals surface area contributed by atoms with Crippen LogP contribution in [0.2, 0.25) is 0 Å². The largest absolute Gasteiger partial charge is 0.462 e. The van der Waals surface area contributed by atoms with Gasteiger partial charge in [-0.2, -0.15) is 5.26 Å². The standard InChI is InChI=1S/C21H19N3O3/c1-2-27-21(26)18(14-22)19(23)17(13-15-9-5-3-6-10-15)20(25)24-16-11-7-4-8-12-16/h3-13H,2,23H2,1H3,(H,24,25)/b17-13-,19-18+. The number of ether oxygens (including phenoxy) is 1. The summed E-state index contributed by atoms with van der Waals surface area (Å²) in [6, 6.07) is 19.5. The third kappa shape index (κ3) is 5.31. The number of nitrogens with one attached hydrogen (secondary N) is 1. The SMILES string of the molecule is CCOC(=O)/C(C#N)=C(N)\C(=C\c1ccccc1)C(=O)Nc1ccccc1. The number of hydrogen-bond acceptors (Lipinski definition) is 5. The molecule has 27 heavy (non-hydrogen) atoms. The molecule has 2 aromatic rings. The van der Waals surface area contributed by atoms with Gasteiger partial charge in [0, 0.05) is 5.69 Å². The van der Waals surface area contributed by atoms with Crippen molar-refractivity contribution < 1.29 is 14.3 Å². The summed E-state index contributed by atoms with van der Waals surface area (Å²) in [6.45, 7) is 1.71. The molecule has 0 radical (unpaired) electrons. The van der Waals surface area contributed by atoms with Crippen LogP contribution in [0, 0.1) is 11.3 Å². The normalized spacial score (nSPS) is 11.8. The Morgan fingerprint density at radius 1 is 1.11 bits per heavy atom. The van der Waals surface area contributed by atoms with Gasteiger partial charge in [-0.05, 0) is 30.7 Å². The zero-order valence-corrected chi connectivity index (χ0v) is 14.8. The minimum atomic E-state index is -0.871. The van der Waals surface area contributed by atoms with Crippen LogP contribution in [0.25, 0.3) is 6.08 Å². The number of anilines is 1. The molecule has 136 valence electrons. The molecule has 2 rings (SSSR count). The average Bonchev–Trinajstić information content (AvgIpc) is 2.68. The lowest BCUT2D eigenvalue weighted by molar-refractivity contribution is -0.138. The summed E-state index contributed by atoms with van der Waals surface area (Å²) in [5.74, 6) is -1.41. The molecule has 0 aliphatic heterocycles. The van der Waals surface area contributed by atoms with Crippen LogP contribution in [0.3, 0.4) is 0 Å². The van der Waals surface area contributed by atoms with Crippen molar-refractivity contribution in [3.63, 3.8) is 0 Å². The molecule has 0 aliphatic rings. The van der Waals surface area contributed by atoms with Crippen molar-refractivity contribution in [2.45, 2.75) is 6.92 Å². The first kappa shape index (κ1) is 19.5. The van der Waals surface area contributed by atoms with E-state index in [-0.39, 0.29) is 17.9 Å². The summed E-state index contributed by atoms with van der Waals surface area (Å²) >= 11 is 0. The second kappa shape index (κ2) is 9.59. The van der Waals surface area contributed by atoms with Crippen LogP contribution in [0.15, 0.2) is 77.5 Å². The highest BCUT2D eigenvalue weighted by molar-refractivity contribution is 6.11. The molecule has 0 heterocycles. The molecular weight excluding hydrogens is 342 g/mol. The number of para-hydroxylation sites is 1. The maximum absolute atomic E-state index is 12.8. The van der Waals surface area contributed by atoms with Gasteiger partial charge >= 0.3 is 5.97 Å². The van der Waals surface area contributed by atoms with E-state index in [1.54, 1.807) is 61.5 Å². The van der Waals surface area contributed by atoms with E-state index in [0.717, 1.165) is 0 Å². The summed E-state index contributed by atoms with van der Waals surface area (Å²) in [5.41, 5.74) is 6.63. The Balaban J connectivity index is 2.49. The van der Waals surface area contributed by atoms with Gasteiger partial charge in [0.1, 0.15) is 6.07 Å². The highest BCUT2D eigenvalue weighted by Gasteiger charge is 2.22. The summed E-state index contributed by atoms with van der Waals surface area (Å²) in [6.07, 6.45) is 1.52. The number of rotatable bonds is 6. The monoisotopic (exact) mass is 361 g/mol. The van der Waals surface area contributed by atoms with Crippen molar-refractivity contribution in [3.05, 3.63) is 83.1 Å². The fraction of sp³-hybridized carbons (Fsp3) is 0.0952. The number of nitriles is 1. The Hall–Kier alpha value is -3.85. The molecule has 2 aromatic carbocycles. The van der Waals surface area contributed by atoms with Gasteiger partial charge in [0.2, 0.25) is 0 Å². The zero-order chi connectivity index (χ0) is 19.6. The highest BCUT2D eigenvalue weighted by Crippen LogP contribution is 2.18. The Morgan fingerprint density at radius 2 is 1.70 bits per heavy atom. The van der Waals surface area contributed by atoms with Crippen LogP contribution in [-0.2, 0) is 14.3 Å². The van der Waals surface area contributed by atoms with E-state index in [0.29, 0.717) is 11.3 Å². The summed E-state index contributed by atoms with van der Waals surface area (Å²) in [7, 11) is 0. The molecule has 6 nitrogen and oxygen atoms in total. The van der Waals surface area contributed by atoms with Crippen molar-refractivity contribution in [2.24, 2.45) is 5.73 Å². The molecule has 1 amide bonds. The quantitative estimate of drug-likeness (QED) is 0.356. The lowest BCUT2D eigenvalue weighted by Crippen LogP contribution is -2.22. The first-order valence-electron chi connectivity index (χ1n) is 8.27. The van der Waals surface area contributed by atoms with Crippen LogP contribution >= 0.6 is 0 Å². The minimum Gasteiger partial charge on any atom is -0.462 e. The van der Waals surface area contributed by atoms with E-state index in [4.69, 9.17) is 10.5 Å². The average molecular weight is 361 g/mol. The molecule has 6 heteroatoms. The van der Waals surface area contributed by atoms with Gasteiger partial charge in [-0.3, -0.25) is 4.79 Å². The van der Waals surface area contributed by atoms with Gasteiger partial charge in [-0.1, -0.05) is 48.5 Å². The molecule has 0 spiro atoms. The summed E-state index contributed by atoms with van der Waals surface area (Å²) < 4.78 is 4.86. The Labute approximate surface area is 157 Å². The minimum absolute atomic E-state index is 0.00495. The Kier molecular flexibility index (Phi) is 6.91. The van der Waals surface area contributed by atoms with Crippen molar-refractivity contribution in [1.29, 1.82) is 5.26 Å². The van der Waals surface area contributed by atoms with Gasteiger partial charge in [0.15, 0.2) is 5.57 Å². The van der Waals surface area contributed by atoms with Crippen LogP contribution in [0.5, 0.6) is 0 Å². The van der Waals surface area contributed by atoms with Gasteiger partial charge in [-0.15, -0.1) is 0 Å². The van der Waals surface area contributed by atoms with E-state index in [1.807, 2.05) is 12.1 Å². The number of benzene rings is 2. The number of nitrogens with zero attached hydrogens (tertiary/aromatic N) is 1. The fourth-order valence-corrected chi connectivity index (χ4v) is 2.26. The van der Waals surface area contributed by atoms with Crippen molar-refractivity contribution in [1.82, 2.24) is 0 Å². The number of carbonyl (C=O) groups excluding carboxylic acids is 2. The molecule has 0 atom stereocenters. The van der Waals surface area contributed by atoms with E-state index < -0.39 is 17.4 Å².